The van der Waals surface area contributed by atoms with Gasteiger partial charge in [0.2, 0.25) is 5.91 Å². The Morgan fingerprint density at radius 2 is 1.85 bits per heavy atom. The Morgan fingerprint density at radius 1 is 1.25 bits per heavy atom. The summed E-state index contributed by atoms with van der Waals surface area (Å²) in [5.41, 5.74) is 1.05. The first-order valence-corrected chi connectivity index (χ1v) is 6.78. The molecule has 0 aromatic heterocycles. The fraction of sp³-hybridized carbons (Fsp3) is 0.429. The zero-order chi connectivity index (χ0) is 15.1. The van der Waals surface area contributed by atoms with Crippen LogP contribution < -0.4 is 10.6 Å². The van der Waals surface area contributed by atoms with E-state index in [0.717, 1.165) is 5.56 Å². The topological polar surface area (TPSA) is 61.4 Å². The van der Waals surface area contributed by atoms with Gasteiger partial charge in [-0.2, -0.15) is 0 Å². The third-order valence-electron chi connectivity index (χ3n) is 2.45. The Balaban J connectivity index is 2.38. The molecule has 0 radical (unpaired) electrons. The van der Waals surface area contributed by atoms with Crippen molar-refractivity contribution in [3.05, 3.63) is 34.9 Å². The van der Waals surface area contributed by atoms with E-state index in [-0.39, 0.29) is 18.5 Å². The van der Waals surface area contributed by atoms with Crippen molar-refractivity contribution in [3.8, 4) is 0 Å². The van der Waals surface area contributed by atoms with Gasteiger partial charge in [0.1, 0.15) is 0 Å². The van der Waals surface area contributed by atoms with E-state index in [1.165, 1.54) is 0 Å². The predicted octanol–water partition coefficient (Wildman–Crippen LogP) is 2.01. The number of benzene rings is 1. The number of amides is 3. The quantitative estimate of drug-likeness (QED) is 0.874. The van der Waals surface area contributed by atoms with E-state index in [1.54, 1.807) is 12.1 Å². The molecule has 0 heterocycles. The normalized spacial score (nSPS) is 10.7. The number of carbonyl (C=O) groups is 2. The molecule has 0 aliphatic carbocycles. The molecule has 2 N–H and O–H groups in total. The lowest BCUT2D eigenvalue weighted by molar-refractivity contribution is -0.120. The second-order valence-corrected chi connectivity index (χ2v) is 5.41. The maximum absolute atomic E-state index is 11.7. The monoisotopic (exact) mass is 297 g/mol. The second-order valence-electron chi connectivity index (χ2n) is 4.98. The number of carbonyl (C=O) groups excluding carboxylic acids is 2. The van der Waals surface area contributed by atoms with Crippen LogP contribution in [0, 0.1) is 0 Å². The van der Waals surface area contributed by atoms with Gasteiger partial charge in [0.25, 0.3) is 0 Å². The molecule has 0 saturated carbocycles. The summed E-state index contributed by atoms with van der Waals surface area (Å²) in [4.78, 5) is 24.8. The summed E-state index contributed by atoms with van der Waals surface area (Å²) < 4.78 is 0. The molecular formula is C14H20ClN3O2. The largest absolute Gasteiger partial charge is 0.336 e. The van der Waals surface area contributed by atoms with Crippen molar-refractivity contribution in [1.82, 2.24) is 15.5 Å². The minimum atomic E-state index is -0.468. The number of nitrogens with one attached hydrogen (secondary N) is 2. The zero-order valence-electron chi connectivity index (χ0n) is 11.9. The van der Waals surface area contributed by atoms with E-state index >= 15 is 0 Å². The van der Waals surface area contributed by atoms with Gasteiger partial charge < -0.3 is 5.32 Å². The smallest absolute Gasteiger partial charge is 0.321 e. The SMILES string of the molecule is CC(C)NC(=O)NC(=O)CN(C)Cc1ccc(Cl)cc1. The van der Waals surface area contributed by atoms with E-state index < -0.39 is 6.03 Å². The molecule has 0 unspecified atom stereocenters. The number of halogens is 1. The van der Waals surface area contributed by atoms with E-state index in [9.17, 15) is 9.59 Å². The molecule has 0 aliphatic heterocycles. The first-order valence-electron chi connectivity index (χ1n) is 6.40. The van der Waals surface area contributed by atoms with Crippen LogP contribution in [-0.2, 0) is 11.3 Å². The third-order valence-corrected chi connectivity index (χ3v) is 2.70. The Hall–Kier alpha value is -1.59. The number of rotatable bonds is 5. The van der Waals surface area contributed by atoms with Crippen molar-refractivity contribution in [2.75, 3.05) is 13.6 Å². The summed E-state index contributed by atoms with van der Waals surface area (Å²) in [5.74, 6) is -0.334. The highest BCUT2D eigenvalue weighted by Crippen LogP contribution is 2.10. The average molecular weight is 298 g/mol. The van der Waals surface area contributed by atoms with Crippen LogP contribution in [-0.4, -0.2) is 36.5 Å². The van der Waals surface area contributed by atoms with Gasteiger partial charge in [-0.25, -0.2) is 4.79 Å². The molecule has 0 saturated heterocycles. The fourth-order valence-electron chi connectivity index (χ4n) is 1.67. The molecule has 0 bridgehead atoms. The van der Waals surface area contributed by atoms with E-state index in [2.05, 4.69) is 10.6 Å². The van der Waals surface area contributed by atoms with E-state index in [0.29, 0.717) is 11.6 Å². The van der Waals surface area contributed by atoms with Gasteiger partial charge >= 0.3 is 6.03 Å². The predicted molar refractivity (Wildman–Crippen MR) is 79.6 cm³/mol. The maximum atomic E-state index is 11.7. The minimum Gasteiger partial charge on any atom is -0.336 e. The van der Waals surface area contributed by atoms with Crippen molar-refractivity contribution >= 4 is 23.5 Å². The lowest BCUT2D eigenvalue weighted by Gasteiger charge is -2.16. The van der Waals surface area contributed by atoms with Crippen LogP contribution in [0.2, 0.25) is 5.02 Å². The summed E-state index contributed by atoms with van der Waals surface area (Å²) >= 11 is 5.81. The standard InChI is InChI=1S/C14H20ClN3O2/c1-10(2)16-14(20)17-13(19)9-18(3)8-11-4-6-12(15)7-5-11/h4-7,10H,8-9H2,1-3H3,(H2,16,17,19,20). The Morgan fingerprint density at radius 3 is 2.40 bits per heavy atom. The van der Waals surface area contributed by atoms with Crippen LogP contribution in [0.15, 0.2) is 24.3 Å². The first kappa shape index (κ1) is 16.5. The van der Waals surface area contributed by atoms with Crippen molar-refractivity contribution in [1.29, 1.82) is 0 Å². The van der Waals surface area contributed by atoms with Crippen molar-refractivity contribution in [2.45, 2.75) is 26.4 Å². The molecule has 3 amide bonds. The molecule has 0 fully saturated rings. The molecule has 110 valence electrons. The maximum Gasteiger partial charge on any atom is 0.321 e. The summed E-state index contributed by atoms with van der Waals surface area (Å²) in [6.07, 6.45) is 0. The zero-order valence-corrected chi connectivity index (χ0v) is 12.7. The van der Waals surface area contributed by atoms with Crippen LogP contribution in [0.1, 0.15) is 19.4 Å². The van der Waals surface area contributed by atoms with E-state index in [4.69, 9.17) is 11.6 Å². The molecular weight excluding hydrogens is 278 g/mol. The highest BCUT2D eigenvalue weighted by Gasteiger charge is 2.11. The molecule has 0 aliphatic rings. The van der Waals surface area contributed by atoms with Crippen molar-refractivity contribution < 1.29 is 9.59 Å². The molecule has 1 aromatic rings. The van der Waals surface area contributed by atoms with Crippen LogP contribution in [0.4, 0.5) is 4.79 Å². The van der Waals surface area contributed by atoms with Crippen LogP contribution >= 0.6 is 11.6 Å². The molecule has 6 heteroatoms. The van der Waals surface area contributed by atoms with Crippen LogP contribution in [0.5, 0.6) is 0 Å². The Bertz CT molecular complexity index is 460. The third kappa shape index (κ3) is 6.54. The highest BCUT2D eigenvalue weighted by atomic mass is 35.5. The summed E-state index contributed by atoms with van der Waals surface area (Å²) in [6.45, 7) is 4.41. The Kier molecular flexibility index (Phi) is 6.48. The summed E-state index contributed by atoms with van der Waals surface area (Å²) in [7, 11) is 1.81. The van der Waals surface area contributed by atoms with Gasteiger partial charge in [-0.15, -0.1) is 0 Å². The lowest BCUT2D eigenvalue weighted by Crippen LogP contribution is -2.45. The summed E-state index contributed by atoms with van der Waals surface area (Å²) in [6, 6.07) is 6.95. The number of nitrogens with zero attached hydrogens (tertiary/aromatic N) is 1. The second kappa shape index (κ2) is 7.87. The fourth-order valence-corrected chi connectivity index (χ4v) is 1.79. The molecule has 1 aromatic carbocycles. The van der Waals surface area contributed by atoms with Gasteiger partial charge in [-0.3, -0.25) is 15.0 Å². The number of urea groups is 1. The lowest BCUT2D eigenvalue weighted by atomic mass is 10.2. The van der Waals surface area contributed by atoms with Gasteiger partial charge in [0, 0.05) is 17.6 Å². The molecule has 0 spiro atoms. The number of imide groups is 1. The number of likely N-dealkylation sites (N-methyl/N-ethyl adjacent to an activating group) is 1. The van der Waals surface area contributed by atoms with Gasteiger partial charge in [0.15, 0.2) is 0 Å². The first-order chi connectivity index (χ1) is 9.36. The average Bonchev–Trinajstić information content (AvgIpc) is 2.30. The molecule has 1 rings (SSSR count). The van der Waals surface area contributed by atoms with Gasteiger partial charge in [-0.1, -0.05) is 23.7 Å². The number of hydrogen-bond donors (Lipinski definition) is 2. The van der Waals surface area contributed by atoms with Gasteiger partial charge in [-0.05, 0) is 38.6 Å². The van der Waals surface area contributed by atoms with Crippen LogP contribution in [0.25, 0.3) is 0 Å². The van der Waals surface area contributed by atoms with Crippen molar-refractivity contribution in [3.63, 3.8) is 0 Å². The van der Waals surface area contributed by atoms with Crippen LogP contribution in [0.3, 0.4) is 0 Å². The van der Waals surface area contributed by atoms with Crippen molar-refractivity contribution in [2.24, 2.45) is 0 Å². The highest BCUT2D eigenvalue weighted by molar-refractivity contribution is 6.30. The van der Waals surface area contributed by atoms with E-state index in [1.807, 2.05) is 37.9 Å². The minimum absolute atomic E-state index is 0.00500. The molecule has 5 nitrogen and oxygen atoms in total. The number of hydrogen-bond acceptors (Lipinski definition) is 3. The van der Waals surface area contributed by atoms with Gasteiger partial charge in [0.05, 0.1) is 6.54 Å². The molecule has 20 heavy (non-hydrogen) atoms. The Labute approximate surface area is 124 Å². The molecule has 0 atom stereocenters. The summed E-state index contributed by atoms with van der Waals surface area (Å²) in [5, 5.41) is 5.56.